The van der Waals surface area contributed by atoms with Crippen LogP contribution in [0.1, 0.15) is 59.4 Å². The number of hydrogen-bond donors (Lipinski definition) is 2. The Morgan fingerprint density at radius 2 is 0.808 bits per heavy atom. The Balaban J connectivity index is 2.32. The SMILES string of the molecule is Cc1nc(C)c(CC(C)(O)C(C)(O)Cc2nc(C)c(C)nc2C)nc1C. The van der Waals surface area contributed by atoms with Crippen molar-refractivity contribution in [2.24, 2.45) is 0 Å². The molecule has 0 saturated carbocycles. The molecule has 0 amide bonds. The van der Waals surface area contributed by atoms with Gasteiger partial charge >= 0.3 is 0 Å². The summed E-state index contributed by atoms with van der Waals surface area (Å²) < 4.78 is 0. The van der Waals surface area contributed by atoms with Gasteiger partial charge in [-0.25, -0.2) is 0 Å². The molecule has 0 aliphatic heterocycles. The van der Waals surface area contributed by atoms with E-state index in [1.807, 2.05) is 41.5 Å². The van der Waals surface area contributed by atoms with Crippen LogP contribution in [0.5, 0.6) is 0 Å². The Morgan fingerprint density at radius 3 is 1.12 bits per heavy atom. The number of nitrogens with zero attached hydrogens (tertiary/aromatic N) is 4. The zero-order chi connectivity index (χ0) is 19.9. The van der Waals surface area contributed by atoms with Gasteiger partial charge in [-0.3, -0.25) is 19.9 Å². The molecule has 0 bridgehead atoms. The molecular weight excluding hydrogens is 328 g/mol. The first-order valence-electron chi connectivity index (χ1n) is 8.90. The predicted octanol–water partition coefficient (Wildman–Crippen LogP) is 2.40. The first kappa shape index (κ1) is 20.4. The van der Waals surface area contributed by atoms with Crippen molar-refractivity contribution in [3.8, 4) is 0 Å². The third-order valence-electron chi connectivity index (χ3n) is 5.34. The summed E-state index contributed by atoms with van der Waals surface area (Å²) in [7, 11) is 0. The summed E-state index contributed by atoms with van der Waals surface area (Å²) in [6.07, 6.45) is 0.411. The zero-order valence-electron chi connectivity index (χ0n) is 17.1. The minimum atomic E-state index is -1.40. The second-order valence-electron chi connectivity index (χ2n) is 7.75. The Kier molecular flexibility index (Phi) is 5.49. The van der Waals surface area contributed by atoms with Crippen molar-refractivity contribution in [3.05, 3.63) is 45.6 Å². The van der Waals surface area contributed by atoms with Crippen LogP contribution in [0.25, 0.3) is 0 Å². The lowest BCUT2D eigenvalue weighted by Gasteiger charge is -2.39. The molecule has 2 rings (SSSR count). The molecule has 26 heavy (non-hydrogen) atoms. The fourth-order valence-corrected chi connectivity index (χ4v) is 2.89. The van der Waals surface area contributed by atoms with Gasteiger partial charge in [0.1, 0.15) is 0 Å². The standard InChI is InChI=1S/C20H30N4O2/c1-11-13(3)23-17(15(5)21-11)9-19(7,25)20(8,26)10-18-16(6)22-12(2)14(4)24-18/h25-26H,9-10H2,1-8H3. The number of rotatable bonds is 5. The molecule has 0 radical (unpaired) electrons. The third kappa shape index (κ3) is 4.07. The van der Waals surface area contributed by atoms with Crippen LogP contribution in [0.2, 0.25) is 0 Å². The van der Waals surface area contributed by atoms with Gasteiger partial charge in [-0.1, -0.05) is 0 Å². The maximum absolute atomic E-state index is 11.1. The van der Waals surface area contributed by atoms with Crippen LogP contribution in [-0.2, 0) is 12.8 Å². The second kappa shape index (κ2) is 7.00. The Labute approximate surface area is 155 Å². The van der Waals surface area contributed by atoms with E-state index in [0.717, 1.165) is 34.2 Å². The minimum Gasteiger partial charge on any atom is -0.387 e. The van der Waals surface area contributed by atoms with E-state index in [1.54, 1.807) is 13.8 Å². The van der Waals surface area contributed by atoms with Gasteiger partial charge in [0.05, 0.1) is 56.8 Å². The van der Waals surface area contributed by atoms with Crippen LogP contribution < -0.4 is 0 Å². The van der Waals surface area contributed by atoms with Gasteiger partial charge in [0.2, 0.25) is 0 Å². The molecule has 6 heteroatoms. The zero-order valence-corrected chi connectivity index (χ0v) is 17.1. The number of aryl methyl sites for hydroxylation is 6. The van der Waals surface area contributed by atoms with Gasteiger partial charge in [0.25, 0.3) is 0 Å². The Bertz CT molecular complexity index is 760. The molecule has 0 spiro atoms. The molecule has 0 fully saturated rings. The van der Waals surface area contributed by atoms with Crippen molar-refractivity contribution < 1.29 is 10.2 Å². The lowest BCUT2D eigenvalue weighted by Crippen LogP contribution is -2.53. The molecule has 6 nitrogen and oxygen atoms in total. The smallest absolute Gasteiger partial charge is 0.0962 e. The maximum atomic E-state index is 11.1. The van der Waals surface area contributed by atoms with E-state index in [0.29, 0.717) is 11.4 Å². The van der Waals surface area contributed by atoms with E-state index in [9.17, 15) is 10.2 Å². The molecule has 0 saturated heterocycles. The predicted molar refractivity (Wildman–Crippen MR) is 101 cm³/mol. The maximum Gasteiger partial charge on any atom is 0.0962 e. The van der Waals surface area contributed by atoms with Crippen LogP contribution in [0.15, 0.2) is 0 Å². The highest BCUT2D eigenvalue weighted by molar-refractivity contribution is 5.23. The van der Waals surface area contributed by atoms with Crippen LogP contribution in [0.3, 0.4) is 0 Å². The normalized spacial score (nSPS) is 16.2. The van der Waals surface area contributed by atoms with E-state index < -0.39 is 11.2 Å². The lowest BCUT2D eigenvalue weighted by molar-refractivity contribution is -0.130. The van der Waals surface area contributed by atoms with E-state index in [-0.39, 0.29) is 12.8 Å². The summed E-state index contributed by atoms with van der Waals surface area (Å²) >= 11 is 0. The topological polar surface area (TPSA) is 92.0 Å². The van der Waals surface area contributed by atoms with Crippen molar-refractivity contribution in [2.75, 3.05) is 0 Å². The molecule has 0 aliphatic carbocycles. The first-order valence-corrected chi connectivity index (χ1v) is 8.90. The lowest BCUT2D eigenvalue weighted by atomic mass is 9.78. The summed E-state index contributed by atoms with van der Waals surface area (Å²) in [6.45, 7) is 14.6. The quantitative estimate of drug-likeness (QED) is 0.853. The average Bonchev–Trinajstić information content (AvgIpc) is 2.49. The number of aromatic nitrogens is 4. The fourth-order valence-electron chi connectivity index (χ4n) is 2.89. The molecule has 2 heterocycles. The molecule has 142 valence electrons. The van der Waals surface area contributed by atoms with Gasteiger partial charge in [-0.15, -0.1) is 0 Å². The van der Waals surface area contributed by atoms with Crippen molar-refractivity contribution in [3.63, 3.8) is 0 Å². The summed E-state index contributed by atoms with van der Waals surface area (Å²) in [5.41, 5.74) is 3.54. The molecule has 0 aliphatic rings. The molecule has 0 aromatic carbocycles. The van der Waals surface area contributed by atoms with Gasteiger partial charge in [-0.2, -0.15) is 0 Å². The largest absolute Gasteiger partial charge is 0.387 e. The molecule has 2 atom stereocenters. The van der Waals surface area contributed by atoms with Gasteiger partial charge in [0, 0.05) is 12.8 Å². The van der Waals surface area contributed by atoms with Gasteiger partial charge in [-0.05, 0) is 55.4 Å². The van der Waals surface area contributed by atoms with Crippen molar-refractivity contribution in [1.82, 2.24) is 19.9 Å². The average molecular weight is 358 g/mol. The van der Waals surface area contributed by atoms with E-state index in [1.165, 1.54) is 0 Å². The third-order valence-corrected chi connectivity index (χ3v) is 5.34. The Hall–Kier alpha value is -1.92. The monoisotopic (exact) mass is 358 g/mol. The highest BCUT2D eigenvalue weighted by atomic mass is 16.4. The first-order chi connectivity index (χ1) is 11.8. The fraction of sp³-hybridized carbons (Fsp3) is 0.600. The van der Waals surface area contributed by atoms with Crippen LogP contribution >= 0.6 is 0 Å². The highest BCUT2D eigenvalue weighted by Crippen LogP contribution is 2.30. The number of hydrogen-bond acceptors (Lipinski definition) is 6. The van der Waals surface area contributed by atoms with Crippen molar-refractivity contribution in [1.29, 1.82) is 0 Å². The van der Waals surface area contributed by atoms with Crippen molar-refractivity contribution in [2.45, 2.75) is 79.4 Å². The minimum absolute atomic E-state index is 0.206. The Morgan fingerprint density at radius 1 is 0.538 bits per heavy atom. The number of aliphatic hydroxyl groups is 2. The van der Waals surface area contributed by atoms with Crippen LogP contribution in [0.4, 0.5) is 0 Å². The van der Waals surface area contributed by atoms with Gasteiger partial charge in [0.15, 0.2) is 0 Å². The molecule has 2 aromatic heterocycles. The van der Waals surface area contributed by atoms with E-state index in [2.05, 4.69) is 19.9 Å². The summed E-state index contributed by atoms with van der Waals surface area (Å²) in [5, 5.41) is 22.2. The summed E-state index contributed by atoms with van der Waals surface area (Å²) in [4.78, 5) is 18.1. The van der Waals surface area contributed by atoms with Gasteiger partial charge < -0.3 is 10.2 Å². The molecule has 2 unspecified atom stereocenters. The molecule has 2 aromatic rings. The molecular formula is C20H30N4O2. The van der Waals surface area contributed by atoms with E-state index in [4.69, 9.17) is 0 Å². The van der Waals surface area contributed by atoms with E-state index >= 15 is 0 Å². The van der Waals surface area contributed by atoms with Crippen molar-refractivity contribution >= 4 is 0 Å². The highest BCUT2D eigenvalue weighted by Gasteiger charge is 2.43. The molecule has 2 N–H and O–H groups in total. The summed E-state index contributed by atoms with van der Waals surface area (Å²) in [6, 6.07) is 0. The second-order valence-corrected chi connectivity index (χ2v) is 7.75. The van der Waals surface area contributed by atoms with Crippen LogP contribution in [-0.4, -0.2) is 41.4 Å². The van der Waals surface area contributed by atoms with Crippen LogP contribution in [0, 0.1) is 41.5 Å². The summed E-state index contributed by atoms with van der Waals surface area (Å²) in [5.74, 6) is 0.